The zero-order valence-corrected chi connectivity index (χ0v) is 17.4. The summed E-state index contributed by atoms with van der Waals surface area (Å²) in [4.78, 5) is 24.6. The Hall–Kier alpha value is -4.07. The predicted octanol–water partition coefficient (Wildman–Crippen LogP) is 5.01. The van der Waals surface area contributed by atoms with E-state index in [9.17, 15) is 14.9 Å². The first-order valence-corrected chi connectivity index (χ1v) is 9.85. The van der Waals surface area contributed by atoms with Crippen molar-refractivity contribution in [3.63, 3.8) is 0 Å². The molecule has 0 radical (unpaired) electrons. The Kier molecular flexibility index (Phi) is 5.21. The monoisotopic (exact) mass is 415 g/mol. The van der Waals surface area contributed by atoms with Crippen LogP contribution in [0.25, 0.3) is 16.7 Å². The summed E-state index contributed by atoms with van der Waals surface area (Å²) in [7, 11) is 0. The normalized spacial score (nSPS) is 11.1. The van der Waals surface area contributed by atoms with Gasteiger partial charge < -0.3 is 5.32 Å². The first-order valence-electron chi connectivity index (χ1n) is 9.85. The van der Waals surface area contributed by atoms with Gasteiger partial charge in [-0.15, -0.1) is 10.2 Å². The summed E-state index contributed by atoms with van der Waals surface area (Å²) >= 11 is 0. The van der Waals surface area contributed by atoms with Gasteiger partial charge >= 0.3 is 0 Å². The van der Waals surface area contributed by atoms with Crippen molar-refractivity contribution in [3.05, 3.63) is 87.5 Å². The van der Waals surface area contributed by atoms with Gasteiger partial charge in [0, 0.05) is 23.4 Å². The van der Waals surface area contributed by atoms with Gasteiger partial charge in [0.2, 0.25) is 0 Å². The molecule has 0 bridgehead atoms. The zero-order chi connectivity index (χ0) is 22.1. The lowest BCUT2D eigenvalue weighted by Gasteiger charge is -2.08. The number of nitro groups is 1. The van der Waals surface area contributed by atoms with Crippen molar-refractivity contribution in [2.75, 3.05) is 5.32 Å². The molecule has 1 heterocycles. The van der Waals surface area contributed by atoms with E-state index in [2.05, 4.69) is 41.5 Å². The number of aromatic nitrogens is 3. The van der Waals surface area contributed by atoms with Crippen LogP contribution >= 0.6 is 0 Å². The number of amides is 1. The molecule has 0 spiro atoms. The molecular weight excluding hydrogens is 394 g/mol. The van der Waals surface area contributed by atoms with Gasteiger partial charge in [-0.3, -0.25) is 14.9 Å². The molecule has 0 unspecified atom stereocenters. The van der Waals surface area contributed by atoms with Crippen LogP contribution in [0.5, 0.6) is 0 Å². The minimum absolute atomic E-state index is 0.133. The maximum atomic E-state index is 12.6. The van der Waals surface area contributed by atoms with Crippen LogP contribution in [0.3, 0.4) is 0 Å². The van der Waals surface area contributed by atoms with Crippen molar-refractivity contribution >= 4 is 28.3 Å². The zero-order valence-electron chi connectivity index (χ0n) is 17.4. The topological polar surface area (TPSA) is 103 Å². The molecule has 31 heavy (non-hydrogen) atoms. The van der Waals surface area contributed by atoms with Gasteiger partial charge in [0.25, 0.3) is 11.6 Å². The van der Waals surface area contributed by atoms with Gasteiger partial charge in [-0.2, -0.15) is 4.80 Å². The molecule has 1 aromatic heterocycles. The standard InChI is InChI=1S/C23H21N5O3/c1-14(2)16-7-9-18(10-8-16)27-25-21-11-15(3)20(13-22(21)26-27)24-23(29)17-5-4-6-19(12-17)28(30)31/h4-14H,1-3H3,(H,24,29). The second kappa shape index (κ2) is 7.98. The molecule has 8 heteroatoms. The van der Waals surface area contributed by atoms with Crippen LogP contribution in [-0.4, -0.2) is 25.8 Å². The van der Waals surface area contributed by atoms with E-state index in [0.29, 0.717) is 22.6 Å². The van der Waals surface area contributed by atoms with Crippen molar-refractivity contribution in [1.82, 2.24) is 15.0 Å². The van der Waals surface area contributed by atoms with Crippen LogP contribution < -0.4 is 5.32 Å². The lowest BCUT2D eigenvalue weighted by Crippen LogP contribution is -2.13. The number of fused-ring (bicyclic) bond motifs is 1. The Morgan fingerprint density at radius 2 is 1.71 bits per heavy atom. The van der Waals surface area contributed by atoms with Gasteiger partial charge in [-0.05, 0) is 54.3 Å². The quantitative estimate of drug-likeness (QED) is 0.364. The third-order valence-electron chi connectivity index (χ3n) is 5.08. The van der Waals surface area contributed by atoms with Crippen LogP contribution in [-0.2, 0) is 0 Å². The minimum atomic E-state index is -0.528. The first kappa shape index (κ1) is 20.2. The molecule has 0 aliphatic heterocycles. The van der Waals surface area contributed by atoms with Crippen LogP contribution in [0.4, 0.5) is 11.4 Å². The van der Waals surface area contributed by atoms with Gasteiger partial charge in [0.05, 0.1) is 10.6 Å². The van der Waals surface area contributed by atoms with Crippen LogP contribution in [0.1, 0.15) is 41.3 Å². The van der Waals surface area contributed by atoms with E-state index in [1.54, 1.807) is 10.9 Å². The van der Waals surface area contributed by atoms with E-state index >= 15 is 0 Å². The SMILES string of the molecule is Cc1cc2nn(-c3ccc(C(C)C)cc3)nc2cc1NC(=O)c1cccc([N+](=O)[O-])c1. The smallest absolute Gasteiger partial charge is 0.270 e. The number of aryl methyl sites for hydroxylation is 1. The van der Waals surface area contributed by atoms with Crippen molar-refractivity contribution < 1.29 is 9.72 Å². The molecule has 3 aromatic carbocycles. The third-order valence-corrected chi connectivity index (χ3v) is 5.08. The fraction of sp³-hybridized carbons (Fsp3) is 0.174. The summed E-state index contributed by atoms with van der Waals surface area (Å²) in [6.07, 6.45) is 0. The van der Waals surface area contributed by atoms with Gasteiger partial charge in [-0.1, -0.05) is 32.0 Å². The number of nitrogens with one attached hydrogen (secondary N) is 1. The highest BCUT2D eigenvalue weighted by atomic mass is 16.6. The van der Waals surface area contributed by atoms with E-state index in [4.69, 9.17) is 0 Å². The van der Waals surface area contributed by atoms with Crippen molar-refractivity contribution in [2.24, 2.45) is 0 Å². The van der Waals surface area contributed by atoms with Crippen molar-refractivity contribution in [1.29, 1.82) is 0 Å². The number of rotatable bonds is 5. The number of benzene rings is 3. The molecule has 4 rings (SSSR count). The molecule has 1 N–H and O–H groups in total. The van der Waals surface area contributed by atoms with E-state index in [1.165, 1.54) is 29.8 Å². The summed E-state index contributed by atoms with van der Waals surface area (Å²) < 4.78 is 0. The highest BCUT2D eigenvalue weighted by Crippen LogP contribution is 2.24. The number of non-ortho nitro benzene ring substituents is 1. The molecule has 0 atom stereocenters. The lowest BCUT2D eigenvalue weighted by molar-refractivity contribution is -0.384. The highest BCUT2D eigenvalue weighted by molar-refractivity contribution is 6.05. The Bertz CT molecular complexity index is 1290. The molecule has 0 aliphatic rings. The Morgan fingerprint density at radius 3 is 2.35 bits per heavy atom. The predicted molar refractivity (Wildman–Crippen MR) is 119 cm³/mol. The number of anilines is 1. The fourth-order valence-corrected chi connectivity index (χ4v) is 3.27. The first-order chi connectivity index (χ1) is 14.8. The summed E-state index contributed by atoms with van der Waals surface area (Å²) in [5.41, 5.74) is 4.89. The molecular formula is C23H21N5O3. The number of carbonyl (C=O) groups excluding carboxylic acids is 1. The van der Waals surface area contributed by atoms with Gasteiger partial charge in [0.1, 0.15) is 11.0 Å². The number of nitrogens with zero attached hydrogens (tertiary/aromatic N) is 4. The number of nitro benzene ring substituents is 1. The highest BCUT2D eigenvalue weighted by Gasteiger charge is 2.14. The molecule has 1 amide bonds. The molecule has 156 valence electrons. The maximum absolute atomic E-state index is 12.6. The lowest BCUT2D eigenvalue weighted by atomic mass is 10.0. The largest absolute Gasteiger partial charge is 0.322 e. The number of hydrogen-bond donors (Lipinski definition) is 1. The van der Waals surface area contributed by atoms with E-state index in [1.807, 2.05) is 25.1 Å². The van der Waals surface area contributed by atoms with Crippen molar-refractivity contribution in [2.45, 2.75) is 26.7 Å². The second-order valence-electron chi connectivity index (χ2n) is 7.65. The van der Waals surface area contributed by atoms with E-state index in [-0.39, 0.29) is 11.3 Å². The second-order valence-corrected chi connectivity index (χ2v) is 7.65. The third kappa shape index (κ3) is 4.13. The molecule has 0 saturated heterocycles. The number of hydrogen-bond acceptors (Lipinski definition) is 5. The average Bonchev–Trinajstić information content (AvgIpc) is 3.16. The maximum Gasteiger partial charge on any atom is 0.270 e. The van der Waals surface area contributed by atoms with Gasteiger partial charge in [0.15, 0.2) is 0 Å². The summed E-state index contributed by atoms with van der Waals surface area (Å²) in [5, 5.41) is 22.9. The summed E-state index contributed by atoms with van der Waals surface area (Å²) in [6, 6.07) is 17.3. The molecule has 4 aromatic rings. The van der Waals surface area contributed by atoms with Crippen molar-refractivity contribution in [3.8, 4) is 5.69 Å². The molecule has 0 fully saturated rings. The molecule has 0 aliphatic carbocycles. The minimum Gasteiger partial charge on any atom is -0.322 e. The Balaban J connectivity index is 1.62. The van der Waals surface area contributed by atoms with Gasteiger partial charge in [-0.25, -0.2) is 0 Å². The molecule has 8 nitrogen and oxygen atoms in total. The van der Waals surface area contributed by atoms with E-state index in [0.717, 1.165) is 11.3 Å². The number of carbonyl (C=O) groups is 1. The Labute approximate surface area is 178 Å². The fourth-order valence-electron chi connectivity index (χ4n) is 3.27. The van der Waals surface area contributed by atoms with Crippen LogP contribution in [0, 0.1) is 17.0 Å². The average molecular weight is 415 g/mol. The summed E-state index contributed by atoms with van der Waals surface area (Å²) in [6.45, 7) is 6.14. The van der Waals surface area contributed by atoms with Crippen LogP contribution in [0.15, 0.2) is 60.7 Å². The van der Waals surface area contributed by atoms with E-state index < -0.39 is 10.8 Å². The molecule has 0 saturated carbocycles. The summed E-state index contributed by atoms with van der Waals surface area (Å²) in [5.74, 6) is 0.0152. The Morgan fingerprint density at radius 1 is 1.03 bits per heavy atom. The van der Waals surface area contributed by atoms with Crippen LogP contribution in [0.2, 0.25) is 0 Å².